The molecular weight excluding hydrogens is 222 g/mol. The molecule has 0 bridgehead atoms. The molecule has 16 heavy (non-hydrogen) atoms. The lowest BCUT2D eigenvalue weighted by Gasteiger charge is -2.04. The Balaban J connectivity index is 2.13. The molecule has 3 nitrogen and oxygen atoms in total. The van der Waals surface area contributed by atoms with Gasteiger partial charge in [0.1, 0.15) is 0 Å². The molecule has 2 rings (SSSR count). The molecule has 1 aromatic rings. The second kappa shape index (κ2) is 4.55. The first kappa shape index (κ1) is 11.6. The van der Waals surface area contributed by atoms with E-state index in [2.05, 4.69) is 0 Å². The molecule has 0 heterocycles. The Morgan fingerprint density at radius 1 is 1.19 bits per heavy atom. The molecule has 1 aromatic carbocycles. The van der Waals surface area contributed by atoms with Crippen molar-refractivity contribution >= 4 is 9.84 Å². The van der Waals surface area contributed by atoms with Gasteiger partial charge in [-0.1, -0.05) is 12.1 Å². The highest BCUT2D eigenvalue weighted by Crippen LogP contribution is 2.32. The molecule has 88 valence electrons. The lowest BCUT2D eigenvalue weighted by atomic mass is 10.2. The van der Waals surface area contributed by atoms with Crippen LogP contribution in [-0.2, 0) is 16.3 Å². The molecule has 0 aromatic heterocycles. The van der Waals surface area contributed by atoms with Crippen LogP contribution in [0.5, 0.6) is 0 Å². The summed E-state index contributed by atoms with van der Waals surface area (Å²) in [5, 5.41) is 0. The summed E-state index contributed by atoms with van der Waals surface area (Å²) in [5.41, 5.74) is 6.53. The van der Waals surface area contributed by atoms with Crippen LogP contribution in [0.1, 0.15) is 18.4 Å². The van der Waals surface area contributed by atoms with Crippen LogP contribution in [0.3, 0.4) is 0 Å². The zero-order valence-electron chi connectivity index (χ0n) is 9.22. The molecule has 4 heteroatoms. The van der Waals surface area contributed by atoms with E-state index in [1.165, 1.54) is 0 Å². The summed E-state index contributed by atoms with van der Waals surface area (Å²) in [6.45, 7) is 0.591. The molecule has 0 spiro atoms. The Morgan fingerprint density at radius 2 is 1.81 bits per heavy atom. The zero-order chi connectivity index (χ0) is 11.6. The molecule has 0 atom stereocenters. The SMILES string of the molecule is NCCc1ccc(S(=O)(=O)CC2CC2)cc1. The van der Waals surface area contributed by atoms with E-state index in [-0.39, 0.29) is 0 Å². The van der Waals surface area contributed by atoms with Crippen molar-refractivity contribution in [3.63, 3.8) is 0 Å². The average Bonchev–Trinajstić information content (AvgIpc) is 3.02. The van der Waals surface area contributed by atoms with Crippen molar-refractivity contribution in [1.29, 1.82) is 0 Å². The number of hydrogen-bond donors (Lipinski definition) is 1. The van der Waals surface area contributed by atoms with E-state index < -0.39 is 9.84 Å². The van der Waals surface area contributed by atoms with Gasteiger partial charge in [-0.2, -0.15) is 0 Å². The van der Waals surface area contributed by atoms with Gasteiger partial charge in [0.15, 0.2) is 9.84 Å². The second-order valence-electron chi connectivity index (χ2n) is 4.41. The smallest absolute Gasteiger partial charge is 0.178 e. The third kappa shape index (κ3) is 2.83. The van der Waals surface area contributed by atoms with Crippen molar-refractivity contribution in [2.45, 2.75) is 24.2 Å². The highest BCUT2D eigenvalue weighted by molar-refractivity contribution is 7.91. The van der Waals surface area contributed by atoms with Crippen LogP contribution in [0.4, 0.5) is 0 Å². The molecule has 0 radical (unpaired) electrons. The highest BCUT2D eigenvalue weighted by atomic mass is 32.2. The maximum atomic E-state index is 11.9. The van der Waals surface area contributed by atoms with E-state index in [1.54, 1.807) is 12.1 Å². The molecule has 0 amide bonds. The molecule has 0 unspecified atom stereocenters. The molecule has 1 aliphatic rings. The topological polar surface area (TPSA) is 60.2 Å². The van der Waals surface area contributed by atoms with E-state index in [0.29, 0.717) is 23.1 Å². The molecule has 0 saturated heterocycles. The Labute approximate surface area is 96.6 Å². The first-order valence-corrected chi connectivity index (χ1v) is 7.29. The van der Waals surface area contributed by atoms with Crippen molar-refractivity contribution in [3.05, 3.63) is 29.8 Å². The van der Waals surface area contributed by atoms with Crippen LogP contribution < -0.4 is 5.73 Å². The molecular formula is C12H17NO2S. The van der Waals surface area contributed by atoms with Crippen LogP contribution in [0, 0.1) is 5.92 Å². The maximum Gasteiger partial charge on any atom is 0.178 e. The van der Waals surface area contributed by atoms with Crippen molar-refractivity contribution in [2.75, 3.05) is 12.3 Å². The fourth-order valence-corrected chi connectivity index (χ4v) is 3.42. The summed E-state index contributed by atoms with van der Waals surface area (Å²) in [6, 6.07) is 7.10. The summed E-state index contributed by atoms with van der Waals surface area (Å²) in [4.78, 5) is 0.445. The van der Waals surface area contributed by atoms with Gasteiger partial charge >= 0.3 is 0 Å². The van der Waals surface area contributed by atoms with Crippen LogP contribution in [0.25, 0.3) is 0 Å². The van der Waals surface area contributed by atoms with Crippen LogP contribution >= 0.6 is 0 Å². The minimum absolute atomic E-state index is 0.309. The largest absolute Gasteiger partial charge is 0.330 e. The number of rotatable bonds is 5. The predicted molar refractivity (Wildman–Crippen MR) is 64.0 cm³/mol. The van der Waals surface area contributed by atoms with Gasteiger partial charge in [-0.25, -0.2) is 8.42 Å². The number of sulfone groups is 1. The standard InChI is InChI=1S/C12H17NO2S/c13-8-7-10-3-5-12(6-4-10)16(14,15)9-11-1-2-11/h3-6,11H,1-2,7-9,13H2. The van der Waals surface area contributed by atoms with E-state index in [4.69, 9.17) is 5.73 Å². The first-order valence-electron chi connectivity index (χ1n) is 5.63. The van der Waals surface area contributed by atoms with Gasteiger partial charge < -0.3 is 5.73 Å². The Morgan fingerprint density at radius 3 is 2.31 bits per heavy atom. The van der Waals surface area contributed by atoms with Gasteiger partial charge in [-0.05, 0) is 49.4 Å². The number of nitrogens with two attached hydrogens (primary N) is 1. The summed E-state index contributed by atoms with van der Waals surface area (Å²) in [7, 11) is -3.06. The van der Waals surface area contributed by atoms with E-state index in [1.807, 2.05) is 12.1 Å². The third-order valence-corrected chi connectivity index (χ3v) is 4.77. The fourth-order valence-electron chi connectivity index (χ4n) is 1.72. The Bertz CT molecular complexity index is 446. The Hall–Kier alpha value is -0.870. The van der Waals surface area contributed by atoms with Crippen molar-refractivity contribution < 1.29 is 8.42 Å². The summed E-state index contributed by atoms with van der Waals surface area (Å²) >= 11 is 0. The Kier molecular flexibility index (Phi) is 3.30. The van der Waals surface area contributed by atoms with Gasteiger partial charge in [-0.15, -0.1) is 0 Å². The van der Waals surface area contributed by atoms with Gasteiger partial charge in [-0.3, -0.25) is 0 Å². The van der Waals surface area contributed by atoms with E-state index >= 15 is 0 Å². The van der Waals surface area contributed by atoms with Gasteiger partial charge in [0.05, 0.1) is 10.6 Å². The molecule has 0 aliphatic heterocycles. The minimum atomic E-state index is -3.06. The van der Waals surface area contributed by atoms with Gasteiger partial charge in [0.25, 0.3) is 0 Å². The number of hydrogen-bond acceptors (Lipinski definition) is 3. The van der Waals surface area contributed by atoms with Gasteiger partial charge in [0.2, 0.25) is 0 Å². The number of benzene rings is 1. The molecule has 1 saturated carbocycles. The fraction of sp³-hybridized carbons (Fsp3) is 0.500. The van der Waals surface area contributed by atoms with Crippen LogP contribution in [-0.4, -0.2) is 20.7 Å². The molecule has 1 fully saturated rings. The summed E-state index contributed by atoms with van der Waals surface area (Å²) in [5.74, 6) is 0.706. The minimum Gasteiger partial charge on any atom is -0.330 e. The molecule has 2 N–H and O–H groups in total. The van der Waals surface area contributed by atoms with Crippen molar-refractivity contribution in [3.8, 4) is 0 Å². The predicted octanol–water partition coefficient (Wildman–Crippen LogP) is 1.37. The molecule has 1 aliphatic carbocycles. The van der Waals surface area contributed by atoms with Crippen molar-refractivity contribution in [1.82, 2.24) is 0 Å². The zero-order valence-corrected chi connectivity index (χ0v) is 10.0. The highest BCUT2D eigenvalue weighted by Gasteiger charge is 2.28. The third-order valence-electron chi connectivity index (χ3n) is 2.87. The lowest BCUT2D eigenvalue weighted by Crippen LogP contribution is -2.08. The van der Waals surface area contributed by atoms with Gasteiger partial charge in [0, 0.05) is 0 Å². The van der Waals surface area contributed by atoms with Crippen LogP contribution in [0.15, 0.2) is 29.2 Å². The normalized spacial score (nSPS) is 16.3. The van der Waals surface area contributed by atoms with E-state index in [0.717, 1.165) is 24.8 Å². The lowest BCUT2D eigenvalue weighted by molar-refractivity contribution is 0.592. The van der Waals surface area contributed by atoms with E-state index in [9.17, 15) is 8.42 Å². The van der Waals surface area contributed by atoms with Crippen LogP contribution in [0.2, 0.25) is 0 Å². The summed E-state index contributed by atoms with van der Waals surface area (Å²) in [6.07, 6.45) is 2.91. The van der Waals surface area contributed by atoms with Crippen molar-refractivity contribution in [2.24, 2.45) is 11.7 Å². The quantitative estimate of drug-likeness (QED) is 0.844. The second-order valence-corrected chi connectivity index (χ2v) is 6.44. The monoisotopic (exact) mass is 239 g/mol. The average molecular weight is 239 g/mol. The maximum absolute atomic E-state index is 11.9. The first-order chi connectivity index (χ1) is 7.62. The summed E-state index contributed by atoms with van der Waals surface area (Å²) < 4.78 is 23.9.